The van der Waals surface area contributed by atoms with Gasteiger partial charge in [-0.2, -0.15) is 0 Å². The second kappa shape index (κ2) is 7.98. The Balaban J connectivity index is 1.28. The summed E-state index contributed by atoms with van der Waals surface area (Å²) in [6, 6.07) is 10.3. The third-order valence-electron chi connectivity index (χ3n) is 6.82. The van der Waals surface area contributed by atoms with E-state index in [9.17, 15) is 9.59 Å². The van der Waals surface area contributed by atoms with Crippen molar-refractivity contribution in [3.8, 4) is 0 Å². The van der Waals surface area contributed by atoms with E-state index >= 15 is 0 Å². The fourth-order valence-electron chi connectivity index (χ4n) is 5.50. The Morgan fingerprint density at radius 1 is 1.24 bits per heavy atom. The molecule has 1 aromatic carbocycles. The molecule has 1 N–H and O–H groups in total. The van der Waals surface area contributed by atoms with Crippen molar-refractivity contribution >= 4 is 12.1 Å². The highest BCUT2D eigenvalue weighted by Gasteiger charge is 2.56. The number of esters is 1. The zero-order chi connectivity index (χ0) is 20.5. The first-order valence-corrected chi connectivity index (χ1v) is 10.9. The highest BCUT2D eigenvalue weighted by molar-refractivity contribution is 5.79. The van der Waals surface area contributed by atoms with Crippen molar-refractivity contribution in [3.05, 3.63) is 35.9 Å². The molecule has 3 saturated heterocycles. The van der Waals surface area contributed by atoms with E-state index in [0.29, 0.717) is 12.6 Å². The molecule has 3 aliphatic rings. The quantitative estimate of drug-likeness (QED) is 0.789. The molecule has 3 heterocycles. The fourth-order valence-corrected chi connectivity index (χ4v) is 5.50. The minimum Gasteiger partial charge on any atom is -0.459 e. The number of hydrogen-bond donors (Lipinski definition) is 1. The number of quaternary nitrogens is 1. The number of cyclic esters (lactones) is 1. The van der Waals surface area contributed by atoms with Crippen LogP contribution in [0.4, 0.5) is 4.79 Å². The first-order valence-electron chi connectivity index (χ1n) is 10.9. The highest BCUT2D eigenvalue weighted by Crippen LogP contribution is 2.43. The number of rotatable bonds is 3. The van der Waals surface area contributed by atoms with E-state index in [2.05, 4.69) is 0 Å². The van der Waals surface area contributed by atoms with Crippen molar-refractivity contribution in [1.29, 1.82) is 0 Å². The van der Waals surface area contributed by atoms with Gasteiger partial charge < -0.3 is 19.3 Å². The minimum absolute atomic E-state index is 0.00151. The summed E-state index contributed by atoms with van der Waals surface area (Å²) in [6.45, 7) is 7.80. The number of nitrogens with zero attached hydrogens (tertiary/aromatic N) is 1. The maximum Gasteiger partial charge on any atom is 0.410 e. The molecule has 1 amide bonds. The molecule has 1 aromatic rings. The van der Waals surface area contributed by atoms with Crippen molar-refractivity contribution < 1.29 is 24.0 Å². The molecule has 6 heteroatoms. The standard InChI is InChI=1S/C23H32N2O4/c1-22(2)16-23(20(26)29-22)11-6-12-25(17-23)19-9-13-24(14-10-19)21(27)28-15-18-7-4-3-5-8-18/h3-5,7-8,19H,6,9-17H2,1-2H3/p+1. The Bertz CT molecular complexity index is 743. The predicted octanol–water partition coefficient (Wildman–Crippen LogP) is 2.18. The van der Waals surface area contributed by atoms with Crippen LogP contribution in [0.1, 0.15) is 51.5 Å². The molecule has 6 nitrogen and oxygen atoms in total. The molecule has 0 bridgehead atoms. The molecule has 2 atom stereocenters. The summed E-state index contributed by atoms with van der Waals surface area (Å²) in [5, 5.41) is 0. The summed E-state index contributed by atoms with van der Waals surface area (Å²) in [5.41, 5.74) is 0.360. The Morgan fingerprint density at radius 3 is 2.62 bits per heavy atom. The van der Waals surface area contributed by atoms with Gasteiger partial charge in [-0.25, -0.2) is 4.79 Å². The van der Waals surface area contributed by atoms with Gasteiger partial charge in [-0.15, -0.1) is 0 Å². The van der Waals surface area contributed by atoms with Crippen LogP contribution in [0.2, 0.25) is 0 Å². The molecule has 4 rings (SSSR count). The Labute approximate surface area is 173 Å². The summed E-state index contributed by atoms with van der Waals surface area (Å²) >= 11 is 0. The second-order valence-electron chi connectivity index (χ2n) is 9.60. The van der Waals surface area contributed by atoms with Crippen LogP contribution >= 0.6 is 0 Å². The van der Waals surface area contributed by atoms with E-state index in [1.54, 1.807) is 0 Å². The molecule has 29 heavy (non-hydrogen) atoms. The molecule has 158 valence electrons. The lowest BCUT2D eigenvalue weighted by Crippen LogP contribution is -3.18. The van der Waals surface area contributed by atoms with Crippen LogP contribution in [0.15, 0.2) is 30.3 Å². The van der Waals surface area contributed by atoms with E-state index in [1.165, 1.54) is 4.90 Å². The lowest BCUT2D eigenvalue weighted by atomic mass is 9.74. The van der Waals surface area contributed by atoms with Crippen LogP contribution in [-0.4, -0.2) is 54.8 Å². The lowest BCUT2D eigenvalue weighted by Gasteiger charge is -2.42. The Morgan fingerprint density at radius 2 is 1.97 bits per heavy atom. The Kier molecular flexibility index (Phi) is 5.56. The molecular weight excluding hydrogens is 368 g/mol. The second-order valence-corrected chi connectivity index (χ2v) is 9.60. The maximum atomic E-state index is 12.6. The van der Waals surface area contributed by atoms with Crippen LogP contribution in [0.5, 0.6) is 0 Å². The van der Waals surface area contributed by atoms with E-state index in [1.807, 2.05) is 49.1 Å². The number of hydrogen-bond acceptors (Lipinski definition) is 4. The third kappa shape index (κ3) is 4.42. The van der Waals surface area contributed by atoms with Crippen molar-refractivity contribution in [3.63, 3.8) is 0 Å². The fraction of sp³-hybridized carbons (Fsp3) is 0.652. The third-order valence-corrected chi connectivity index (χ3v) is 6.82. The maximum absolute atomic E-state index is 12.6. The van der Waals surface area contributed by atoms with Crippen LogP contribution < -0.4 is 4.90 Å². The number of ether oxygens (including phenoxy) is 2. The van der Waals surface area contributed by atoms with Gasteiger partial charge in [0.25, 0.3) is 0 Å². The molecule has 1 spiro atoms. The average molecular weight is 402 g/mol. The zero-order valence-corrected chi connectivity index (χ0v) is 17.6. The summed E-state index contributed by atoms with van der Waals surface area (Å²) in [7, 11) is 0. The van der Waals surface area contributed by atoms with E-state index in [4.69, 9.17) is 9.47 Å². The Hall–Kier alpha value is -2.08. The summed E-state index contributed by atoms with van der Waals surface area (Å²) in [4.78, 5) is 28.4. The normalized spacial score (nSPS) is 29.7. The number of amides is 1. The average Bonchev–Trinajstić information content (AvgIpc) is 2.94. The number of likely N-dealkylation sites (tertiary alicyclic amines) is 2. The number of carbonyl (C=O) groups excluding carboxylic acids is 2. The zero-order valence-electron chi connectivity index (χ0n) is 17.6. The van der Waals surface area contributed by atoms with Crippen molar-refractivity contribution in [2.24, 2.45) is 5.41 Å². The van der Waals surface area contributed by atoms with Gasteiger partial charge >= 0.3 is 12.1 Å². The van der Waals surface area contributed by atoms with Gasteiger partial charge in [0.15, 0.2) is 0 Å². The predicted molar refractivity (Wildman–Crippen MR) is 108 cm³/mol. The van der Waals surface area contributed by atoms with Crippen molar-refractivity contribution in [1.82, 2.24) is 4.90 Å². The van der Waals surface area contributed by atoms with E-state index in [0.717, 1.165) is 63.8 Å². The van der Waals surface area contributed by atoms with Gasteiger partial charge in [0.2, 0.25) is 0 Å². The number of benzene rings is 1. The van der Waals surface area contributed by atoms with Gasteiger partial charge in [-0.3, -0.25) is 4.79 Å². The van der Waals surface area contributed by atoms with Crippen LogP contribution in [0.3, 0.4) is 0 Å². The molecular formula is C23H33N2O4+. The lowest BCUT2D eigenvalue weighted by molar-refractivity contribution is -0.937. The molecule has 0 saturated carbocycles. The smallest absolute Gasteiger partial charge is 0.410 e. The van der Waals surface area contributed by atoms with Crippen LogP contribution in [0, 0.1) is 5.41 Å². The molecule has 3 aliphatic heterocycles. The number of carbonyl (C=O) groups is 2. The van der Waals surface area contributed by atoms with E-state index in [-0.39, 0.29) is 23.1 Å². The van der Waals surface area contributed by atoms with Gasteiger partial charge in [-0.05, 0) is 32.3 Å². The SMILES string of the molecule is CC1(C)CC2(CCC[NH+](C3CCN(C(=O)OCc4ccccc4)CC3)C2)C(=O)O1. The van der Waals surface area contributed by atoms with Gasteiger partial charge in [0.1, 0.15) is 17.6 Å². The van der Waals surface area contributed by atoms with E-state index < -0.39 is 0 Å². The summed E-state index contributed by atoms with van der Waals surface area (Å²) in [5.74, 6) is 0.00151. The first kappa shape index (κ1) is 20.2. The summed E-state index contributed by atoms with van der Waals surface area (Å²) < 4.78 is 11.1. The monoisotopic (exact) mass is 401 g/mol. The van der Waals surface area contributed by atoms with Gasteiger partial charge in [0, 0.05) is 32.4 Å². The number of piperidine rings is 2. The number of nitrogens with one attached hydrogen (secondary N) is 1. The minimum atomic E-state index is -0.342. The molecule has 0 radical (unpaired) electrons. The molecule has 3 fully saturated rings. The summed E-state index contributed by atoms with van der Waals surface area (Å²) in [6.07, 6.45) is 4.55. The van der Waals surface area contributed by atoms with Gasteiger partial charge in [-0.1, -0.05) is 30.3 Å². The first-order chi connectivity index (χ1) is 13.9. The largest absolute Gasteiger partial charge is 0.459 e. The van der Waals surface area contributed by atoms with Crippen LogP contribution in [0.25, 0.3) is 0 Å². The highest BCUT2D eigenvalue weighted by atomic mass is 16.6. The topological polar surface area (TPSA) is 60.3 Å². The van der Waals surface area contributed by atoms with Crippen molar-refractivity contribution in [2.45, 2.75) is 64.2 Å². The van der Waals surface area contributed by atoms with Crippen LogP contribution in [-0.2, 0) is 20.9 Å². The van der Waals surface area contributed by atoms with Crippen molar-refractivity contribution in [2.75, 3.05) is 26.2 Å². The molecule has 0 aromatic heterocycles. The molecule has 2 unspecified atom stereocenters. The molecule has 0 aliphatic carbocycles. The van der Waals surface area contributed by atoms with Gasteiger partial charge in [0.05, 0.1) is 19.1 Å².